The van der Waals surface area contributed by atoms with Crippen molar-refractivity contribution < 1.29 is 0 Å². The number of hydrogen-bond acceptors (Lipinski definition) is 3. The molecular formula is C7H5N4. The van der Waals surface area contributed by atoms with Gasteiger partial charge >= 0.3 is 0 Å². The van der Waals surface area contributed by atoms with Gasteiger partial charge in [0.2, 0.25) is 0 Å². The molecule has 0 saturated carbocycles. The molecule has 2 aromatic heterocycles. The molecule has 0 aliphatic carbocycles. The third-order valence-electron chi connectivity index (χ3n) is 1.29. The van der Waals surface area contributed by atoms with Gasteiger partial charge in [-0.1, -0.05) is 0 Å². The lowest BCUT2D eigenvalue weighted by atomic mass is 10.3. The van der Waals surface area contributed by atoms with Crippen molar-refractivity contribution in [3.63, 3.8) is 0 Å². The van der Waals surface area contributed by atoms with Crippen molar-refractivity contribution in [2.24, 2.45) is 0 Å². The molecular weight excluding hydrogens is 140 g/mol. The van der Waals surface area contributed by atoms with Crippen LogP contribution in [-0.2, 0) is 0 Å². The van der Waals surface area contributed by atoms with Crippen molar-refractivity contribution >= 4 is 0 Å². The molecule has 2 heterocycles. The Bertz CT molecular complexity index is 313. The molecule has 0 spiro atoms. The van der Waals surface area contributed by atoms with Crippen LogP contribution >= 0.6 is 0 Å². The molecule has 0 aliphatic heterocycles. The van der Waals surface area contributed by atoms with Gasteiger partial charge in [0.25, 0.3) is 0 Å². The maximum Gasteiger partial charge on any atom is 0.122 e. The zero-order chi connectivity index (χ0) is 7.52. The van der Waals surface area contributed by atoms with Gasteiger partial charge < -0.3 is 0 Å². The van der Waals surface area contributed by atoms with Gasteiger partial charge in [-0.2, -0.15) is 5.10 Å². The Labute approximate surface area is 63.3 Å². The van der Waals surface area contributed by atoms with Gasteiger partial charge in [-0.25, -0.2) is 0 Å². The second kappa shape index (κ2) is 2.49. The quantitative estimate of drug-likeness (QED) is 0.641. The Balaban J connectivity index is 2.46. The van der Waals surface area contributed by atoms with Crippen LogP contribution in [0.1, 0.15) is 0 Å². The summed E-state index contributed by atoms with van der Waals surface area (Å²) in [7, 11) is 0. The summed E-state index contributed by atoms with van der Waals surface area (Å²) in [6.07, 6.45) is 9.40. The van der Waals surface area contributed by atoms with Crippen LogP contribution in [0.2, 0.25) is 0 Å². The van der Waals surface area contributed by atoms with Gasteiger partial charge in [-0.3, -0.25) is 15.1 Å². The molecule has 2 aromatic rings. The fourth-order valence-electron chi connectivity index (χ4n) is 0.791. The van der Waals surface area contributed by atoms with E-state index in [9.17, 15) is 0 Å². The van der Waals surface area contributed by atoms with E-state index in [1.165, 1.54) is 0 Å². The van der Waals surface area contributed by atoms with E-state index in [4.69, 9.17) is 0 Å². The fourth-order valence-corrected chi connectivity index (χ4v) is 0.791. The largest absolute Gasteiger partial charge is 0.284 e. The number of hydrogen-bond donors (Lipinski definition) is 1. The molecule has 0 aromatic carbocycles. The highest BCUT2D eigenvalue weighted by Gasteiger charge is 1.97. The first-order valence-electron chi connectivity index (χ1n) is 3.14. The van der Waals surface area contributed by atoms with Gasteiger partial charge in [-0.05, 0) is 0 Å². The lowest BCUT2D eigenvalue weighted by Gasteiger charge is -1.90. The summed E-state index contributed by atoms with van der Waals surface area (Å²) in [6.45, 7) is 0. The topological polar surface area (TPSA) is 54.5 Å². The first-order valence-corrected chi connectivity index (χ1v) is 3.14. The van der Waals surface area contributed by atoms with E-state index in [0.29, 0.717) is 0 Å². The van der Waals surface area contributed by atoms with E-state index in [1.807, 2.05) is 0 Å². The van der Waals surface area contributed by atoms with Gasteiger partial charge in [0.1, 0.15) is 6.20 Å². The maximum atomic E-state index is 4.07. The zero-order valence-electron chi connectivity index (χ0n) is 5.65. The number of H-pyrrole nitrogens is 1. The molecule has 1 radical (unpaired) electrons. The van der Waals surface area contributed by atoms with Crippen molar-refractivity contribution in [3.8, 4) is 11.3 Å². The van der Waals surface area contributed by atoms with Crippen molar-refractivity contribution in [1.82, 2.24) is 20.2 Å². The minimum absolute atomic E-state index is 0.779. The number of nitrogens with zero attached hydrogens (tertiary/aromatic N) is 3. The highest BCUT2D eigenvalue weighted by molar-refractivity contribution is 5.53. The van der Waals surface area contributed by atoms with Crippen LogP contribution < -0.4 is 0 Å². The van der Waals surface area contributed by atoms with Crippen LogP contribution in [0.25, 0.3) is 11.3 Å². The first kappa shape index (κ1) is 6.03. The third kappa shape index (κ3) is 1.10. The Morgan fingerprint density at radius 3 is 3.00 bits per heavy atom. The van der Waals surface area contributed by atoms with Crippen molar-refractivity contribution in [2.75, 3.05) is 0 Å². The summed E-state index contributed by atoms with van der Waals surface area (Å²) in [5.74, 6) is 0. The van der Waals surface area contributed by atoms with Crippen LogP contribution in [0.5, 0.6) is 0 Å². The first-order chi connectivity index (χ1) is 5.47. The van der Waals surface area contributed by atoms with Crippen LogP contribution in [0.4, 0.5) is 0 Å². The number of rotatable bonds is 1. The smallest absolute Gasteiger partial charge is 0.122 e. The highest BCUT2D eigenvalue weighted by Crippen LogP contribution is 2.10. The van der Waals surface area contributed by atoms with Crippen molar-refractivity contribution in [2.45, 2.75) is 0 Å². The average molecular weight is 145 g/mol. The third-order valence-corrected chi connectivity index (χ3v) is 1.29. The van der Waals surface area contributed by atoms with Crippen LogP contribution in [0.3, 0.4) is 0 Å². The average Bonchev–Trinajstić information content (AvgIpc) is 2.58. The Hall–Kier alpha value is -1.71. The van der Waals surface area contributed by atoms with Crippen LogP contribution in [0.15, 0.2) is 24.8 Å². The van der Waals surface area contributed by atoms with Crippen LogP contribution in [-0.4, -0.2) is 20.2 Å². The Morgan fingerprint density at radius 1 is 1.36 bits per heavy atom. The number of nitrogens with one attached hydrogen (secondary N) is 1. The predicted molar refractivity (Wildman–Crippen MR) is 38.4 cm³/mol. The standard InChI is InChI=1S/C7H5N4/c1-2-9-7(5-8-1)6-3-10-11-4-6/h1-3,5H,(H,10,11). The molecule has 0 saturated heterocycles. The number of aromatic nitrogens is 4. The summed E-state index contributed by atoms with van der Waals surface area (Å²) < 4.78 is 0. The monoisotopic (exact) mass is 145 g/mol. The van der Waals surface area contributed by atoms with Gasteiger partial charge in [0.15, 0.2) is 0 Å². The summed E-state index contributed by atoms with van der Waals surface area (Å²) in [6, 6.07) is 0. The predicted octanol–water partition coefficient (Wildman–Crippen LogP) is 0.667. The molecule has 0 atom stereocenters. The molecule has 0 aliphatic rings. The number of aromatic amines is 1. The van der Waals surface area contributed by atoms with Gasteiger partial charge in [0.05, 0.1) is 11.9 Å². The highest BCUT2D eigenvalue weighted by atomic mass is 15.1. The molecule has 4 heteroatoms. The molecule has 11 heavy (non-hydrogen) atoms. The summed E-state index contributed by atoms with van der Waals surface area (Å²) in [5.41, 5.74) is 1.61. The second-order valence-electron chi connectivity index (χ2n) is 2.00. The minimum atomic E-state index is 0.779. The fraction of sp³-hybridized carbons (Fsp3) is 0. The Morgan fingerprint density at radius 2 is 2.36 bits per heavy atom. The summed E-state index contributed by atoms with van der Waals surface area (Å²) >= 11 is 0. The lowest BCUT2D eigenvalue weighted by Crippen LogP contribution is -1.80. The molecule has 1 N–H and O–H groups in total. The van der Waals surface area contributed by atoms with E-state index < -0.39 is 0 Å². The van der Waals surface area contributed by atoms with Gasteiger partial charge in [-0.15, -0.1) is 0 Å². The Kier molecular flexibility index (Phi) is 1.37. The summed E-state index contributed by atoms with van der Waals surface area (Å²) in [4.78, 5) is 7.98. The van der Waals surface area contributed by atoms with E-state index >= 15 is 0 Å². The molecule has 2 rings (SSSR count). The SMILES string of the molecule is [c]1n[nH]cc1-c1cnccn1. The van der Waals surface area contributed by atoms with Crippen molar-refractivity contribution in [3.05, 3.63) is 31.0 Å². The lowest BCUT2D eigenvalue weighted by molar-refractivity contribution is 1.08. The molecule has 0 amide bonds. The zero-order valence-corrected chi connectivity index (χ0v) is 5.65. The van der Waals surface area contributed by atoms with E-state index in [0.717, 1.165) is 11.3 Å². The van der Waals surface area contributed by atoms with E-state index in [2.05, 4.69) is 26.4 Å². The molecule has 4 nitrogen and oxygen atoms in total. The van der Waals surface area contributed by atoms with Crippen molar-refractivity contribution in [1.29, 1.82) is 0 Å². The molecule has 53 valence electrons. The molecule has 0 unspecified atom stereocenters. The minimum Gasteiger partial charge on any atom is -0.284 e. The van der Waals surface area contributed by atoms with E-state index in [-0.39, 0.29) is 0 Å². The maximum absolute atomic E-state index is 4.07. The van der Waals surface area contributed by atoms with Crippen LogP contribution in [0, 0.1) is 6.20 Å². The van der Waals surface area contributed by atoms with E-state index in [1.54, 1.807) is 24.8 Å². The summed E-state index contributed by atoms with van der Waals surface area (Å²) in [5, 5.41) is 6.34. The van der Waals surface area contributed by atoms with Gasteiger partial charge in [0, 0.05) is 24.2 Å². The molecule has 0 fully saturated rings. The normalized spacial score (nSPS) is 9.82. The molecule has 0 bridgehead atoms. The second-order valence-corrected chi connectivity index (χ2v) is 2.00.